The van der Waals surface area contributed by atoms with Gasteiger partial charge in [0.1, 0.15) is 0 Å². The summed E-state index contributed by atoms with van der Waals surface area (Å²) >= 11 is 0. The molecule has 92 valence electrons. The molecule has 4 nitrogen and oxygen atoms in total. The van der Waals surface area contributed by atoms with Crippen molar-refractivity contribution in [2.75, 3.05) is 0 Å². The van der Waals surface area contributed by atoms with Crippen molar-refractivity contribution in [1.82, 2.24) is 9.55 Å². The third kappa shape index (κ3) is 2.66. The molecule has 0 aliphatic rings. The predicted molar refractivity (Wildman–Crippen MR) is 71.5 cm³/mol. The van der Waals surface area contributed by atoms with Gasteiger partial charge in [-0.25, -0.2) is 4.79 Å². The number of nitrogens with one attached hydrogen (secondary N) is 1. The second-order valence-electron chi connectivity index (χ2n) is 4.01. The zero-order chi connectivity index (χ0) is 13.0. The zero-order valence-electron chi connectivity index (χ0n) is 10.1. The summed E-state index contributed by atoms with van der Waals surface area (Å²) in [4.78, 5) is 25.8. The van der Waals surface area contributed by atoms with Crippen molar-refractivity contribution in [1.29, 1.82) is 0 Å². The number of rotatable bonds is 3. The molecule has 2 aromatic rings. The Morgan fingerprint density at radius 3 is 2.67 bits per heavy atom. The first-order chi connectivity index (χ1) is 8.68. The van der Waals surface area contributed by atoms with Crippen LogP contribution in [0.1, 0.15) is 11.1 Å². The van der Waals surface area contributed by atoms with Crippen molar-refractivity contribution >= 4 is 6.08 Å². The van der Waals surface area contributed by atoms with E-state index in [4.69, 9.17) is 0 Å². The Hall–Kier alpha value is -2.36. The summed E-state index contributed by atoms with van der Waals surface area (Å²) in [6.45, 7) is 1.94. The van der Waals surface area contributed by atoms with E-state index in [9.17, 15) is 9.59 Å². The Labute approximate surface area is 104 Å². The molecular formula is C14H14N2O2. The average Bonchev–Trinajstić information content (AvgIpc) is 2.39. The van der Waals surface area contributed by atoms with Crippen LogP contribution in [0, 0.1) is 6.92 Å². The number of aromatic amines is 1. The molecule has 4 heteroatoms. The van der Waals surface area contributed by atoms with E-state index in [1.165, 1.54) is 10.8 Å². The number of benzene rings is 1. The molecule has 18 heavy (non-hydrogen) atoms. The molecule has 0 radical (unpaired) electrons. The van der Waals surface area contributed by atoms with Gasteiger partial charge < -0.3 is 4.98 Å². The SMILES string of the molecule is Cc1c[nH]c(=O)n(C/C=C/c2ccccc2)c1=O. The van der Waals surface area contributed by atoms with Crippen molar-refractivity contribution in [2.45, 2.75) is 13.5 Å². The lowest BCUT2D eigenvalue weighted by Gasteiger charge is -2.01. The summed E-state index contributed by atoms with van der Waals surface area (Å²) in [7, 11) is 0. The van der Waals surface area contributed by atoms with E-state index in [-0.39, 0.29) is 17.8 Å². The summed E-state index contributed by atoms with van der Waals surface area (Å²) in [6.07, 6.45) is 5.11. The lowest BCUT2D eigenvalue weighted by Crippen LogP contribution is -2.35. The number of nitrogens with zero attached hydrogens (tertiary/aromatic N) is 1. The molecule has 1 aromatic carbocycles. The third-order valence-electron chi connectivity index (χ3n) is 2.64. The highest BCUT2D eigenvalue weighted by atomic mass is 16.2. The van der Waals surface area contributed by atoms with Crippen LogP contribution in [0.5, 0.6) is 0 Å². The molecule has 0 aliphatic carbocycles. The molecule has 0 fully saturated rings. The topological polar surface area (TPSA) is 54.9 Å². The maximum absolute atomic E-state index is 11.7. The zero-order valence-corrected chi connectivity index (χ0v) is 10.1. The Kier molecular flexibility index (Phi) is 3.57. The van der Waals surface area contributed by atoms with Gasteiger partial charge in [-0.2, -0.15) is 0 Å². The molecule has 0 saturated carbocycles. The van der Waals surface area contributed by atoms with E-state index in [1.807, 2.05) is 36.4 Å². The number of aromatic nitrogens is 2. The molecule has 0 amide bonds. The molecule has 1 aromatic heterocycles. The summed E-state index contributed by atoms with van der Waals surface area (Å²) in [5.74, 6) is 0. The van der Waals surface area contributed by atoms with Crippen LogP contribution in [0.4, 0.5) is 0 Å². The fourth-order valence-electron chi connectivity index (χ4n) is 1.64. The van der Waals surface area contributed by atoms with E-state index in [0.717, 1.165) is 5.56 Å². The second-order valence-corrected chi connectivity index (χ2v) is 4.01. The van der Waals surface area contributed by atoms with Gasteiger partial charge in [0.15, 0.2) is 0 Å². The van der Waals surface area contributed by atoms with Gasteiger partial charge in [-0.1, -0.05) is 42.5 Å². The molecular weight excluding hydrogens is 228 g/mol. The number of allylic oxidation sites excluding steroid dienone is 1. The minimum Gasteiger partial charge on any atom is -0.314 e. The Bertz CT molecular complexity index is 666. The van der Waals surface area contributed by atoms with Crippen LogP contribution in [-0.4, -0.2) is 9.55 Å². The molecule has 0 bridgehead atoms. The number of hydrogen-bond donors (Lipinski definition) is 1. The highest BCUT2D eigenvalue weighted by Gasteiger charge is 2.01. The number of aryl methyl sites for hydroxylation is 1. The highest BCUT2D eigenvalue weighted by molar-refractivity contribution is 5.48. The summed E-state index contributed by atoms with van der Waals surface area (Å²) in [6, 6.07) is 9.73. The average molecular weight is 242 g/mol. The first-order valence-corrected chi connectivity index (χ1v) is 5.69. The minimum absolute atomic E-state index is 0.253. The summed E-state index contributed by atoms with van der Waals surface area (Å²) < 4.78 is 1.18. The van der Waals surface area contributed by atoms with Crippen molar-refractivity contribution in [2.24, 2.45) is 0 Å². The molecule has 1 heterocycles. The lowest BCUT2D eigenvalue weighted by atomic mass is 10.2. The molecule has 0 unspecified atom stereocenters. The van der Waals surface area contributed by atoms with Crippen LogP contribution >= 0.6 is 0 Å². The van der Waals surface area contributed by atoms with E-state index in [1.54, 1.807) is 13.0 Å². The predicted octanol–water partition coefficient (Wildman–Crippen LogP) is 1.56. The fourth-order valence-corrected chi connectivity index (χ4v) is 1.64. The van der Waals surface area contributed by atoms with E-state index in [2.05, 4.69) is 4.98 Å². The summed E-state index contributed by atoms with van der Waals surface area (Å²) in [5, 5.41) is 0. The maximum Gasteiger partial charge on any atom is 0.328 e. The van der Waals surface area contributed by atoms with Gasteiger partial charge in [-0.3, -0.25) is 9.36 Å². The molecule has 0 saturated heterocycles. The van der Waals surface area contributed by atoms with Crippen molar-refractivity contribution in [3.63, 3.8) is 0 Å². The Morgan fingerprint density at radius 1 is 1.22 bits per heavy atom. The normalized spacial score (nSPS) is 10.9. The lowest BCUT2D eigenvalue weighted by molar-refractivity contribution is 0.707. The standard InChI is InChI=1S/C14H14N2O2/c1-11-10-15-14(18)16(13(11)17)9-5-8-12-6-3-2-4-7-12/h2-8,10H,9H2,1H3,(H,15,18)/b8-5+. The molecule has 0 atom stereocenters. The molecule has 1 N–H and O–H groups in total. The van der Waals surface area contributed by atoms with E-state index >= 15 is 0 Å². The van der Waals surface area contributed by atoms with Crippen molar-refractivity contribution in [3.8, 4) is 0 Å². The van der Waals surface area contributed by atoms with Gasteiger partial charge in [0.2, 0.25) is 0 Å². The first-order valence-electron chi connectivity index (χ1n) is 5.69. The van der Waals surface area contributed by atoms with Gasteiger partial charge >= 0.3 is 5.69 Å². The van der Waals surface area contributed by atoms with Crippen LogP contribution < -0.4 is 11.2 Å². The van der Waals surface area contributed by atoms with Crippen LogP contribution in [0.15, 0.2) is 52.2 Å². The van der Waals surface area contributed by atoms with Crippen molar-refractivity contribution < 1.29 is 0 Å². The largest absolute Gasteiger partial charge is 0.328 e. The maximum atomic E-state index is 11.7. The van der Waals surface area contributed by atoms with Crippen LogP contribution in [0.2, 0.25) is 0 Å². The number of H-pyrrole nitrogens is 1. The van der Waals surface area contributed by atoms with Gasteiger partial charge in [0.25, 0.3) is 5.56 Å². The van der Waals surface area contributed by atoms with Gasteiger partial charge in [-0.15, -0.1) is 0 Å². The van der Waals surface area contributed by atoms with Crippen molar-refractivity contribution in [3.05, 3.63) is 74.6 Å². The van der Waals surface area contributed by atoms with Crippen LogP contribution in [0.25, 0.3) is 6.08 Å². The molecule has 2 rings (SSSR count). The third-order valence-corrected chi connectivity index (χ3v) is 2.64. The first kappa shape index (κ1) is 12.1. The van der Waals surface area contributed by atoms with Crippen LogP contribution in [0.3, 0.4) is 0 Å². The molecule has 0 aliphatic heterocycles. The fraction of sp³-hybridized carbons (Fsp3) is 0.143. The minimum atomic E-state index is -0.386. The summed E-state index contributed by atoms with van der Waals surface area (Å²) in [5.41, 5.74) is 0.928. The van der Waals surface area contributed by atoms with Crippen LogP contribution in [-0.2, 0) is 6.54 Å². The van der Waals surface area contributed by atoms with E-state index in [0.29, 0.717) is 5.56 Å². The van der Waals surface area contributed by atoms with E-state index < -0.39 is 0 Å². The molecule has 0 spiro atoms. The second kappa shape index (κ2) is 5.31. The Morgan fingerprint density at radius 2 is 1.94 bits per heavy atom. The smallest absolute Gasteiger partial charge is 0.314 e. The van der Waals surface area contributed by atoms with Gasteiger partial charge in [0, 0.05) is 18.3 Å². The highest BCUT2D eigenvalue weighted by Crippen LogP contribution is 2.00. The van der Waals surface area contributed by atoms with Gasteiger partial charge in [0.05, 0.1) is 0 Å². The van der Waals surface area contributed by atoms with Gasteiger partial charge in [-0.05, 0) is 12.5 Å². The Balaban J connectivity index is 2.22. The quantitative estimate of drug-likeness (QED) is 0.888. The monoisotopic (exact) mass is 242 g/mol. The number of hydrogen-bond acceptors (Lipinski definition) is 2.